The number of aliphatic imine (C=N–C) groups is 1. The van der Waals surface area contributed by atoms with Gasteiger partial charge in [0.1, 0.15) is 6.61 Å². The van der Waals surface area contributed by atoms with Crippen molar-refractivity contribution in [2.45, 2.75) is 32.2 Å². The maximum atomic E-state index is 11.1. The fraction of sp³-hybridized carbons (Fsp3) is 0.462. The molecule has 0 saturated carbocycles. The minimum atomic E-state index is -0.414. The zero-order valence-corrected chi connectivity index (χ0v) is 11.8. The van der Waals surface area contributed by atoms with Gasteiger partial charge in [-0.15, -0.1) is 0 Å². The fourth-order valence-electron chi connectivity index (χ4n) is 2.01. The van der Waals surface area contributed by atoms with Crippen molar-refractivity contribution < 1.29 is 9.66 Å². The molecule has 102 valence electrons. The molecule has 1 aromatic carbocycles. The average Bonchev–Trinajstić information content (AvgIpc) is 2.68. The lowest BCUT2D eigenvalue weighted by molar-refractivity contribution is -0.385. The second-order valence-electron chi connectivity index (χ2n) is 5.23. The Kier molecular flexibility index (Phi) is 3.49. The highest BCUT2D eigenvalue weighted by Gasteiger charge is 2.32. The Morgan fingerprint density at radius 3 is 2.74 bits per heavy atom. The number of hydrogen-bond donors (Lipinski definition) is 0. The number of halogens is 1. The van der Waals surface area contributed by atoms with E-state index < -0.39 is 4.92 Å². The summed E-state index contributed by atoms with van der Waals surface area (Å²) in [5, 5.41) is 11.5. The minimum Gasteiger partial charge on any atom is -0.478 e. The van der Waals surface area contributed by atoms with Crippen molar-refractivity contribution in [2.75, 3.05) is 6.61 Å². The molecule has 0 spiro atoms. The molecule has 0 radical (unpaired) electrons. The molecule has 1 heterocycles. The zero-order valence-electron chi connectivity index (χ0n) is 11.0. The third-order valence-corrected chi connectivity index (χ3v) is 3.24. The molecule has 0 amide bonds. The highest BCUT2D eigenvalue weighted by molar-refractivity contribution is 6.30. The second-order valence-corrected chi connectivity index (χ2v) is 5.67. The fourth-order valence-corrected chi connectivity index (χ4v) is 2.19. The molecule has 0 fully saturated rings. The first kappa shape index (κ1) is 13.8. The van der Waals surface area contributed by atoms with Crippen LogP contribution >= 0.6 is 11.6 Å². The molecule has 1 aliphatic heterocycles. The van der Waals surface area contributed by atoms with Crippen LogP contribution in [0, 0.1) is 10.1 Å². The molecular weight excluding hydrogens is 268 g/mol. The van der Waals surface area contributed by atoms with E-state index in [1.807, 2.05) is 20.8 Å². The second kappa shape index (κ2) is 4.81. The van der Waals surface area contributed by atoms with Crippen LogP contribution in [0.25, 0.3) is 0 Å². The molecule has 1 aliphatic rings. The Morgan fingerprint density at radius 2 is 2.21 bits per heavy atom. The van der Waals surface area contributed by atoms with Crippen LogP contribution in [0.3, 0.4) is 0 Å². The molecule has 5 nitrogen and oxygen atoms in total. The Balaban J connectivity index is 2.41. The van der Waals surface area contributed by atoms with Gasteiger partial charge in [-0.2, -0.15) is 0 Å². The number of benzene rings is 1. The van der Waals surface area contributed by atoms with E-state index in [1.165, 1.54) is 12.1 Å². The van der Waals surface area contributed by atoms with Crippen molar-refractivity contribution in [2.24, 2.45) is 4.99 Å². The molecule has 0 N–H and O–H groups in total. The van der Waals surface area contributed by atoms with Gasteiger partial charge in [0.05, 0.1) is 16.4 Å². The summed E-state index contributed by atoms with van der Waals surface area (Å²) in [7, 11) is 0. The minimum absolute atomic E-state index is 0.0351. The Bertz CT molecular complexity index is 555. The van der Waals surface area contributed by atoms with E-state index in [4.69, 9.17) is 16.3 Å². The van der Waals surface area contributed by atoms with Gasteiger partial charge >= 0.3 is 0 Å². The predicted octanol–water partition coefficient (Wildman–Crippen LogP) is 3.56. The van der Waals surface area contributed by atoms with Crippen LogP contribution in [0.2, 0.25) is 5.02 Å². The third-order valence-electron chi connectivity index (χ3n) is 3.01. The number of ether oxygens (including phenoxy) is 1. The third kappa shape index (κ3) is 2.87. The van der Waals surface area contributed by atoms with Crippen LogP contribution in [0.1, 0.15) is 32.3 Å². The van der Waals surface area contributed by atoms with E-state index in [0.717, 1.165) is 0 Å². The SMILES string of the molecule is CC(C1=NC(C)(C)CO1)c1cc(Cl)ccc1[N+](=O)[O-]. The maximum absolute atomic E-state index is 11.1. The lowest BCUT2D eigenvalue weighted by Crippen LogP contribution is -2.17. The first-order valence-corrected chi connectivity index (χ1v) is 6.34. The normalized spacial score (nSPS) is 18.6. The van der Waals surface area contributed by atoms with Crippen LogP contribution in [0.5, 0.6) is 0 Å². The van der Waals surface area contributed by atoms with Gasteiger partial charge in [-0.25, -0.2) is 4.99 Å². The first-order chi connectivity index (χ1) is 8.80. The van der Waals surface area contributed by atoms with Crippen molar-refractivity contribution in [3.8, 4) is 0 Å². The van der Waals surface area contributed by atoms with Crippen molar-refractivity contribution in [3.63, 3.8) is 0 Å². The van der Waals surface area contributed by atoms with Gasteiger partial charge in [0.2, 0.25) is 0 Å². The monoisotopic (exact) mass is 282 g/mol. The molecule has 0 aliphatic carbocycles. The largest absolute Gasteiger partial charge is 0.478 e. The van der Waals surface area contributed by atoms with Gasteiger partial charge in [0.15, 0.2) is 5.90 Å². The Hall–Kier alpha value is -1.62. The molecule has 1 aromatic rings. The average molecular weight is 283 g/mol. The summed E-state index contributed by atoms with van der Waals surface area (Å²) in [6.07, 6.45) is 0. The predicted molar refractivity (Wildman–Crippen MR) is 74.0 cm³/mol. The number of nitrogens with zero attached hydrogens (tertiary/aromatic N) is 2. The molecule has 1 unspecified atom stereocenters. The summed E-state index contributed by atoms with van der Waals surface area (Å²) in [6, 6.07) is 4.52. The standard InChI is InChI=1S/C13H15ClN2O3/c1-8(12-15-13(2,3)7-19-12)10-6-9(14)4-5-11(10)16(17)18/h4-6,8H,7H2,1-3H3. The molecule has 2 rings (SSSR count). The molecule has 19 heavy (non-hydrogen) atoms. The van der Waals surface area contributed by atoms with E-state index >= 15 is 0 Å². The Morgan fingerprint density at radius 1 is 1.53 bits per heavy atom. The van der Waals surface area contributed by atoms with Gasteiger partial charge in [-0.3, -0.25) is 10.1 Å². The molecular formula is C13H15ClN2O3. The van der Waals surface area contributed by atoms with Crippen LogP contribution < -0.4 is 0 Å². The number of hydrogen-bond acceptors (Lipinski definition) is 4. The van der Waals surface area contributed by atoms with Crippen LogP contribution in [-0.2, 0) is 4.74 Å². The highest BCUT2D eigenvalue weighted by Crippen LogP contribution is 2.33. The highest BCUT2D eigenvalue weighted by atomic mass is 35.5. The number of nitro groups is 1. The molecule has 1 atom stereocenters. The van der Waals surface area contributed by atoms with Crippen molar-refractivity contribution >= 4 is 23.2 Å². The van der Waals surface area contributed by atoms with Crippen LogP contribution in [0.4, 0.5) is 5.69 Å². The van der Waals surface area contributed by atoms with Crippen molar-refractivity contribution in [1.29, 1.82) is 0 Å². The molecule has 0 saturated heterocycles. The van der Waals surface area contributed by atoms with Gasteiger partial charge in [-0.05, 0) is 32.9 Å². The molecule has 0 bridgehead atoms. The summed E-state index contributed by atoms with van der Waals surface area (Å²) in [4.78, 5) is 15.1. The molecule has 6 heteroatoms. The summed E-state index contributed by atoms with van der Waals surface area (Å²) >= 11 is 5.93. The van der Waals surface area contributed by atoms with Crippen molar-refractivity contribution in [3.05, 3.63) is 38.9 Å². The van der Waals surface area contributed by atoms with E-state index in [-0.39, 0.29) is 17.1 Å². The summed E-state index contributed by atoms with van der Waals surface area (Å²) in [5.41, 5.74) is 0.276. The van der Waals surface area contributed by atoms with Crippen LogP contribution in [-0.4, -0.2) is 23.0 Å². The molecule has 0 aromatic heterocycles. The lowest BCUT2D eigenvalue weighted by atomic mass is 9.99. The Labute approximate surface area is 116 Å². The van der Waals surface area contributed by atoms with Gasteiger partial charge in [-0.1, -0.05) is 11.6 Å². The summed E-state index contributed by atoms with van der Waals surface area (Å²) in [6.45, 7) is 6.23. The zero-order chi connectivity index (χ0) is 14.2. The number of nitro benzene ring substituents is 1. The van der Waals surface area contributed by atoms with E-state index in [0.29, 0.717) is 23.1 Å². The van der Waals surface area contributed by atoms with Crippen LogP contribution in [0.15, 0.2) is 23.2 Å². The van der Waals surface area contributed by atoms with Gasteiger partial charge in [0, 0.05) is 16.7 Å². The smallest absolute Gasteiger partial charge is 0.273 e. The first-order valence-electron chi connectivity index (χ1n) is 5.96. The van der Waals surface area contributed by atoms with Gasteiger partial charge in [0.25, 0.3) is 5.69 Å². The topological polar surface area (TPSA) is 64.7 Å². The summed E-state index contributed by atoms with van der Waals surface area (Å²) in [5.74, 6) is 0.233. The van der Waals surface area contributed by atoms with Gasteiger partial charge < -0.3 is 4.74 Å². The van der Waals surface area contributed by atoms with E-state index in [1.54, 1.807) is 6.07 Å². The quantitative estimate of drug-likeness (QED) is 0.629. The number of rotatable bonds is 3. The van der Waals surface area contributed by atoms with E-state index in [2.05, 4.69) is 4.99 Å². The van der Waals surface area contributed by atoms with E-state index in [9.17, 15) is 10.1 Å². The summed E-state index contributed by atoms with van der Waals surface area (Å²) < 4.78 is 5.54. The maximum Gasteiger partial charge on any atom is 0.273 e. The lowest BCUT2D eigenvalue weighted by Gasteiger charge is -2.12. The van der Waals surface area contributed by atoms with Crippen molar-refractivity contribution in [1.82, 2.24) is 0 Å².